The summed E-state index contributed by atoms with van der Waals surface area (Å²) in [4.78, 5) is 21.2. The fraction of sp³-hybridized carbons (Fsp3) is 0.800. The van der Waals surface area contributed by atoms with Crippen LogP contribution in [0.15, 0.2) is 0 Å². The Kier molecular flexibility index (Phi) is 4.96. The maximum Gasteiger partial charge on any atom is 0.490 e. The molecule has 0 fully saturated rings. The first-order chi connectivity index (χ1) is 7.04. The van der Waals surface area contributed by atoms with Crippen molar-refractivity contribution in [3.8, 4) is 0 Å². The molecule has 16 heavy (non-hydrogen) atoms. The summed E-state index contributed by atoms with van der Waals surface area (Å²) in [5, 5.41) is 0. The molecule has 0 aliphatic heterocycles. The Bertz CT molecular complexity index is 269. The maximum absolute atomic E-state index is 11.9. The van der Waals surface area contributed by atoms with Gasteiger partial charge in [0.15, 0.2) is 0 Å². The number of Topliss-reactive ketones (excluding diaryl/α,β-unsaturated/α-hetero) is 1. The predicted molar refractivity (Wildman–Crippen MR) is 50.8 cm³/mol. The van der Waals surface area contributed by atoms with E-state index in [-0.39, 0.29) is 18.6 Å². The fourth-order valence-corrected chi connectivity index (χ4v) is 1.12. The number of carbonyl (C=O) groups is 2. The third kappa shape index (κ3) is 6.42. The van der Waals surface area contributed by atoms with E-state index in [9.17, 15) is 22.8 Å². The van der Waals surface area contributed by atoms with Gasteiger partial charge in [0.1, 0.15) is 11.4 Å². The van der Waals surface area contributed by atoms with Crippen LogP contribution in [0.3, 0.4) is 0 Å². The second-order valence-corrected chi connectivity index (χ2v) is 4.20. The minimum atomic E-state index is -4.97. The van der Waals surface area contributed by atoms with Crippen LogP contribution in [-0.2, 0) is 14.3 Å². The number of ketones is 1. The van der Waals surface area contributed by atoms with Gasteiger partial charge in [-0.1, -0.05) is 0 Å². The number of hydrogen-bond donors (Lipinski definition) is 0. The smallest absolute Gasteiger partial charge is 0.453 e. The highest BCUT2D eigenvalue weighted by atomic mass is 19.4. The molecular weight excluding hydrogens is 225 g/mol. The summed E-state index contributed by atoms with van der Waals surface area (Å²) in [6, 6.07) is 0. The molecule has 0 heterocycles. The molecule has 0 unspecified atom stereocenters. The SMILES string of the molecule is CC(=O)CCCC(C)(C)OC(=O)C(F)(F)F. The molecule has 0 aromatic rings. The molecule has 0 saturated carbocycles. The molecule has 0 aromatic heterocycles. The Balaban J connectivity index is 4.14. The molecule has 0 atom stereocenters. The van der Waals surface area contributed by atoms with Gasteiger partial charge in [0, 0.05) is 6.42 Å². The molecule has 0 amide bonds. The van der Waals surface area contributed by atoms with Crippen molar-refractivity contribution >= 4 is 11.8 Å². The van der Waals surface area contributed by atoms with E-state index in [4.69, 9.17) is 0 Å². The molecule has 0 N–H and O–H groups in total. The predicted octanol–water partition coefficient (Wildman–Crippen LogP) is 2.63. The van der Waals surface area contributed by atoms with Gasteiger partial charge in [-0.25, -0.2) is 4.79 Å². The second kappa shape index (κ2) is 5.32. The van der Waals surface area contributed by atoms with Crippen LogP contribution in [0.25, 0.3) is 0 Å². The zero-order chi connectivity index (χ0) is 13.0. The van der Waals surface area contributed by atoms with Crippen molar-refractivity contribution in [1.29, 1.82) is 0 Å². The third-order valence-corrected chi connectivity index (χ3v) is 1.91. The monoisotopic (exact) mass is 240 g/mol. The molecule has 94 valence electrons. The van der Waals surface area contributed by atoms with E-state index in [1.165, 1.54) is 20.8 Å². The summed E-state index contributed by atoms with van der Waals surface area (Å²) in [7, 11) is 0. The Morgan fingerprint density at radius 3 is 2.06 bits per heavy atom. The summed E-state index contributed by atoms with van der Waals surface area (Å²) in [5.41, 5.74) is -1.21. The van der Waals surface area contributed by atoms with Gasteiger partial charge in [0.05, 0.1) is 0 Å². The Hall–Kier alpha value is -1.07. The van der Waals surface area contributed by atoms with Crippen LogP contribution in [0.4, 0.5) is 13.2 Å². The summed E-state index contributed by atoms with van der Waals surface area (Å²) in [6.45, 7) is 4.17. The normalized spacial score (nSPS) is 12.4. The van der Waals surface area contributed by atoms with Crippen LogP contribution in [0.2, 0.25) is 0 Å². The molecule has 0 bridgehead atoms. The molecule has 3 nitrogen and oxygen atoms in total. The van der Waals surface area contributed by atoms with Gasteiger partial charge in [-0.15, -0.1) is 0 Å². The van der Waals surface area contributed by atoms with Crippen molar-refractivity contribution < 1.29 is 27.5 Å². The van der Waals surface area contributed by atoms with E-state index in [1.807, 2.05) is 0 Å². The summed E-state index contributed by atoms with van der Waals surface area (Å²) in [5.74, 6) is -2.24. The summed E-state index contributed by atoms with van der Waals surface area (Å²) in [6.07, 6.45) is -4.09. The van der Waals surface area contributed by atoms with Crippen LogP contribution < -0.4 is 0 Å². The van der Waals surface area contributed by atoms with Crippen LogP contribution in [0.1, 0.15) is 40.0 Å². The number of hydrogen-bond acceptors (Lipinski definition) is 3. The van der Waals surface area contributed by atoms with E-state index in [1.54, 1.807) is 0 Å². The standard InChI is InChI=1S/C10H15F3O3/c1-7(14)5-4-6-9(2,3)16-8(15)10(11,12)13/h4-6H2,1-3H3. The fourth-order valence-electron chi connectivity index (χ4n) is 1.12. The van der Waals surface area contributed by atoms with Gasteiger partial charge in [0.2, 0.25) is 0 Å². The van der Waals surface area contributed by atoms with Crippen molar-refractivity contribution in [3.05, 3.63) is 0 Å². The first-order valence-electron chi connectivity index (χ1n) is 4.84. The first-order valence-corrected chi connectivity index (χ1v) is 4.84. The number of alkyl halides is 3. The lowest BCUT2D eigenvalue weighted by atomic mass is 10.0. The molecule has 0 saturated heterocycles. The highest BCUT2D eigenvalue weighted by Gasteiger charge is 2.43. The van der Waals surface area contributed by atoms with Crippen molar-refractivity contribution in [2.75, 3.05) is 0 Å². The van der Waals surface area contributed by atoms with Gasteiger partial charge in [-0.2, -0.15) is 13.2 Å². The number of esters is 1. The van der Waals surface area contributed by atoms with Crippen molar-refractivity contribution in [3.63, 3.8) is 0 Å². The quantitative estimate of drug-likeness (QED) is 0.694. The topological polar surface area (TPSA) is 43.4 Å². The van der Waals surface area contributed by atoms with Gasteiger partial charge >= 0.3 is 12.1 Å². The van der Waals surface area contributed by atoms with E-state index >= 15 is 0 Å². The Morgan fingerprint density at radius 2 is 1.69 bits per heavy atom. The highest BCUT2D eigenvalue weighted by Crippen LogP contribution is 2.24. The van der Waals surface area contributed by atoms with E-state index in [0.29, 0.717) is 6.42 Å². The zero-order valence-electron chi connectivity index (χ0n) is 9.48. The molecule has 6 heteroatoms. The van der Waals surface area contributed by atoms with Crippen LogP contribution in [0, 0.1) is 0 Å². The van der Waals surface area contributed by atoms with Crippen LogP contribution >= 0.6 is 0 Å². The summed E-state index contributed by atoms with van der Waals surface area (Å²) < 4.78 is 40.0. The molecule has 0 aliphatic rings. The highest BCUT2D eigenvalue weighted by molar-refractivity contribution is 5.76. The average Bonchev–Trinajstić information content (AvgIpc) is 1.99. The molecule has 0 rings (SSSR count). The number of carbonyl (C=O) groups excluding carboxylic acids is 2. The van der Waals surface area contributed by atoms with Crippen LogP contribution in [-0.4, -0.2) is 23.5 Å². The molecular formula is C10H15F3O3. The van der Waals surface area contributed by atoms with Crippen molar-refractivity contribution in [1.82, 2.24) is 0 Å². The second-order valence-electron chi connectivity index (χ2n) is 4.20. The van der Waals surface area contributed by atoms with E-state index in [2.05, 4.69) is 4.74 Å². The molecule has 0 aliphatic carbocycles. The Morgan fingerprint density at radius 1 is 1.19 bits per heavy atom. The molecule has 0 radical (unpaired) electrons. The summed E-state index contributed by atoms with van der Waals surface area (Å²) >= 11 is 0. The van der Waals surface area contributed by atoms with Gasteiger partial charge < -0.3 is 9.53 Å². The minimum absolute atomic E-state index is 0.0436. The number of ether oxygens (including phenoxy) is 1. The number of halogens is 3. The lowest BCUT2D eigenvalue weighted by Gasteiger charge is -2.25. The maximum atomic E-state index is 11.9. The van der Waals surface area contributed by atoms with Crippen molar-refractivity contribution in [2.45, 2.75) is 51.8 Å². The van der Waals surface area contributed by atoms with Gasteiger partial charge in [0.25, 0.3) is 0 Å². The number of rotatable bonds is 5. The van der Waals surface area contributed by atoms with Crippen molar-refractivity contribution in [2.24, 2.45) is 0 Å². The lowest BCUT2D eigenvalue weighted by Crippen LogP contribution is -2.35. The largest absolute Gasteiger partial charge is 0.490 e. The minimum Gasteiger partial charge on any atom is -0.453 e. The van der Waals surface area contributed by atoms with Gasteiger partial charge in [-0.3, -0.25) is 0 Å². The molecule has 0 spiro atoms. The average molecular weight is 240 g/mol. The zero-order valence-corrected chi connectivity index (χ0v) is 9.48. The first kappa shape index (κ1) is 14.9. The molecule has 0 aromatic carbocycles. The lowest BCUT2D eigenvalue weighted by molar-refractivity contribution is -0.212. The van der Waals surface area contributed by atoms with E-state index < -0.39 is 17.7 Å². The Labute approximate surface area is 92.0 Å². The van der Waals surface area contributed by atoms with E-state index in [0.717, 1.165) is 0 Å². The van der Waals surface area contributed by atoms with Crippen LogP contribution in [0.5, 0.6) is 0 Å². The van der Waals surface area contributed by atoms with Gasteiger partial charge in [-0.05, 0) is 33.6 Å². The third-order valence-electron chi connectivity index (χ3n) is 1.91.